The molecule has 5 heteroatoms. The van der Waals surface area contributed by atoms with Crippen molar-refractivity contribution in [1.82, 2.24) is 9.78 Å². The molecule has 0 aliphatic heterocycles. The highest BCUT2D eigenvalue weighted by atomic mass is 16.5. The summed E-state index contributed by atoms with van der Waals surface area (Å²) in [6, 6.07) is 1.32. The second-order valence-corrected chi connectivity index (χ2v) is 3.43. The number of aromatic nitrogens is 2. The number of carbonyl (C=O) groups excluding carboxylic acids is 1. The molecule has 0 spiro atoms. The van der Waals surface area contributed by atoms with Gasteiger partial charge in [-0.05, 0) is 19.9 Å². The predicted molar refractivity (Wildman–Crippen MR) is 56.3 cm³/mol. The molecule has 1 aromatic rings. The molecule has 0 aliphatic rings. The predicted octanol–water partition coefficient (Wildman–Crippen LogP) is 0.254. The molecule has 1 atom stereocenters. The van der Waals surface area contributed by atoms with E-state index in [0.29, 0.717) is 6.42 Å². The van der Waals surface area contributed by atoms with Crippen LogP contribution >= 0.6 is 0 Å². The highest BCUT2D eigenvalue weighted by Crippen LogP contribution is 2.06. The van der Waals surface area contributed by atoms with E-state index in [-0.39, 0.29) is 0 Å². The van der Waals surface area contributed by atoms with Crippen LogP contribution in [0.15, 0.2) is 6.07 Å². The van der Waals surface area contributed by atoms with Gasteiger partial charge in [-0.15, -0.1) is 0 Å². The highest BCUT2D eigenvalue weighted by molar-refractivity contribution is 5.75. The normalized spacial score (nSPS) is 12.5. The standard InChI is InChI=1S/C10H17N3O2/c1-4-13-8(5-7(2)12-13)6-9(11)10(14)15-3/h5,9H,4,6,11H2,1-3H3. The van der Waals surface area contributed by atoms with Gasteiger partial charge < -0.3 is 10.5 Å². The molecule has 0 radical (unpaired) electrons. The summed E-state index contributed by atoms with van der Waals surface area (Å²) >= 11 is 0. The van der Waals surface area contributed by atoms with Crippen LogP contribution in [0, 0.1) is 6.92 Å². The van der Waals surface area contributed by atoms with Gasteiger partial charge in [-0.2, -0.15) is 5.10 Å². The number of rotatable bonds is 4. The lowest BCUT2D eigenvalue weighted by molar-refractivity contribution is -0.142. The monoisotopic (exact) mass is 211 g/mol. The van der Waals surface area contributed by atoms with Gasteiger partial charge in [0.1, 0.15) is 6.04 Å². The molecule has 5 nitrogen and oxygen atoms in total. The second-order valence-electron chi connectivity index (χ2n) is 3.43. The third-order valence-electron chi connectivity index (χ3n) is 2.22. The van der Waals surface area contributed by atoms with Gasteiger partial charge in [0.25, 0.3) is 0 Å². The minimum atomic E-state index is -0.614. The molecule has 0 bridgehead atoms. The van der Waals surface area contributed by atoms with Gasteiger partial charge in [0.15, 0.2) is 0 Å². The van der Waals surface area contributed by atoms with Crippen LogP contribution in [-0.4, -0.2) is 28.9 Å². The zero-order valence-corrected chi connectivity index (χ0v) is 9.36. The number of aryl methyl sites for hydroxylation is 2. The van der Waals surface area contributed by atoms with Crippen molar-refractivity contribution in [3.63, 3.8) is 0 Å². The molecule has 0 fully saturated rings. The van der Waals surface area contributed by atoms with Crippen LogP contribution in [0.3, 0.4) is 0 Å². The molecule has 0 aliphatic carbocycles. The summed E-state index contributed by atoms with van der Waals surface area (Å²) < 4.78 is 6.42. The van der Waals surface area contributed by atoms with Crippen LogP contribution < -0.4 is 5.73 Å². The molecule has 1 unspecified atom stereocenters. The Morgan fingerprint density at radius 1 is 1.73 bits per heavy atom. The van der Waals surface area contributed by atoms with E-state index in [2.05, 4.69) is 9.84 Å². The Balaban J connectivity index is 2.75. The first-order valence-electron chi connectivity index (χ1n) is 4.95. The van der Waals surface area contributed by atoms with Crippen molar-refractivity contribution in [2.24, 2.45) is 5.73 Å². The third kappa shape index (κ3) is 2.79. The van der Waals surface area contributed by atoms with Gasteiger partial charge in [0, 0.05) is 18.7 Å². The lowest BCUT2D eigenvalue weighted by Crippen LogP contribution is -2.34. The number of hydrogen-bond donors (Lipinski definition) is 1. The molecular weight excluding hydrogens is 194 g/mol. The zero-order valence-electron chi connectivity index (χ0n) is 9.36. The fraction of sp³-hybridized carbons (Fsp3) is 0.600. The Kier molecular flexibility index (Phi) is 3.85. The molecule has 0 amide bonds. The molecule has 1 aromatic heterocycles. The number of carbonyl (C=O) groups is 1. The van der Waals surface area contributed by atoms with Crippen molar-refractivity contribution in [3.05, 3.63) is 17.5 Å². The number of ether oxygens (including phenoxy) is 1. The Hall–Kier alpha value is -1.36. The number of esters is 1. The molecule has 0 aromatic carbocycles. The quantitative estimate of drug-likeness (QED) is 0.725. The maximum Gasteiger partial charge on any atom is 0.323 e. The molecular formula is C10H17N3O2. The number of nitrogens with two attached hydrogens (primary N) is 1. The number of nitrogens with zero attached hydrogens (tertiary/aromatic N) is 2. The molecule has 1 rings (SSSR count). The minimum absolute atomic E-state index is 0.392. The van der Waals surface area contributed by atoms with Crippen LogP contribution in [0.4, 0.5) is 0 Å². The van der Waals surface area contributed by atoms with Crippen LogP contribution in [0.5, 0.6) is 0 Å². The van der Waals surface area contributed by atoms with Crippen molar-refractivity contribution in [2.45, 2.75) is 32.9 Å². The van der Waals surface area contributed by atoms with E-state index in [9.17, 15) is 4.79 Å². The maximum absolute atomic E-state index is 11.1. The molecule has 0 saturated heterocycles. The second kappa shape index (κ2) is 4.93. The van der Waals surface area contributed by atoms with E-state index in [0.717, 1.165) is 17.9 Å². The largest absolute Gasteiger partial charge is 0.468 e. The highest BCUT2D eigenvalue weighted by Gasteiger charge is 2.16. The molecule has 2 N–H and O–H groups in total. The Labute approximate surface area is 89.2 Å². The van der Waals surface area contributed by atoms with Gasteiger partial charge >= 0.3 is 5.97 Å². The smallest absolute Gasteiger partial charge is 0.323 e. The van der Waals surface area contributed by atoms with Crippen LogP contribution in [0.2, 0.25) is 0 Å². The van der Waals surface area contributed by atoms with E-state index in [1.165, 1.54) is 7.11 Å². The van der Waals surface area contributed by atoms with Gasteiger partial charge in [-0.1, -0.05) is 0 Å². The van der Waals surface area contributed by atoms with E-state index < -0.39 is 12.0 Å². The van der Waals surface area contributed by atoms with Crippen molar-refractivity contribution < 1.29 is 9.53 Å². The Morgan fingerprint density at radius 3 is 2.93 bits per heavy atom. The average Bonchev–Trinajstić information content (AvgIpc) is 2.57. The first-order valence-corrected chi connectivity index (χ1v) is 4.95. The third-order valence-corrected chi connectivity index (χ3v) is 2.22. The Bertz CT molecular complexity index is 346. The lowest BCUT2D eigenvalue weighted by atomic mass is 10.1. The van der Waals surface area contributed by atoms with E-state index in [1.54, 1.807) is 0 Å². The lowest BCUT2D eigenvalue weighted by Gasteiger charge is -2.09. The van der Waals surface area contributed by atoms with Crippen LogP contribution in [-0.2, 0) is 22.5 Å². The van der Waals surface area contributed by atoms with Crippen molar-refractivity contribution in [1.29, 1.82) is 0 Å². The average molecular weight is 211 g/mol. The maximum atomic E-state index is 11.1. The summed E-state index contributed by atoms with van der Waals surface area (Å²) in [6.07, 6.45) is 0.460. The van der Waals surface area contributed by atoms with Gasteiger partial charge in [0.05, 0.1) is 12.8 Å². The fourth-order valence-corrected chi connectivity index (χ4v) is 1.50. The van der Waals surface area contributed by atoms with Crippen LogP contribution in [0.1, 0.15) is 18.3 Å². The van der Waals surface area contributed by atoms with Gasteiger partial charge in [-0.25, -0.2) is 0 Å². The summed E-state index contributed by atoms with van der Waals surface area (Å²) in [7, 11) is 1.34. The first kappa shape index (κ1) is 11.7. The molecule has 84 valence electrons. The molecule has 0 saturated carbocycles. The number of hydrogen-bond acceptors (Lipinski definition) is 4. The molecule has 1 heterocycles. The SMILES string of the molecule is CCn1nc(C)cc1CC(N)C(=O)OC. The zero-order chi connectivity index (χ0) is 11.4. The fourth-order valence-electron chi connectivity index (χ4n) is 1.50. The van der Waals surface area contributed by atoms with Crippen LogP contribution in [0.25, 0.3) is 0 Å². The Morgan fingerprint density at radius 2 is 2.40 bits per heavy atom. The van der Waals surface area contributed by atoms with Gasteiger partial charge in [0.2, 0.25) is 0 Å². The van der Waals surface area contributed by atoms with Gasteiger partial charge in [-0.3, -0.25) is 9.48 Å². The summed E-state index contributed by atoms with van der Waals surface area (Å²) in [5.41, 5.74) is 7.58. The summed E-state index contributed by atoms with van der Waals surface area (Å²) in [4.78, 5) is 11.1. The van der Waals surface area contributed by atoms with Crippen molar-refractivity contribution in [3.8, 4) is 0 Å². The molecule has 15 heavy (non-hydrogen) atoms. The van der Waals surface area contributed by atoms with Crippen molar-refractivity contribution in [2.75, 3.05) is 7.11 Å². The summed E-state index contributed by atoms with van der Waals surface area (Å²) in [5.74, 6) is -0.392. The van der Waals surface area contributed by atoms with E-state index >= 15 is 0 Å². The summed E-state index contributed by atoms with van der Waals surface area (Å²) in [5, 5.41) is 4.28. The van der Waals surface area contributed by atoms with E-state index in [1.807, 2.05) is 24.6 Å². The number of methoxy groups -OCH3 is 1. The van der Waals surface area contributed by atoms with Crippen molar-refractivity contribution >= 4 is 5.97 Å². The minimum Gasteiger partial charge on any atom is -0.468 e. The topological polar surface area (TPSA) is 70.1 Å². The first-order chi connectivity index (χ1) is 7.08. The summed E-state index contributed by atoms with van der Waals surface area (Å²) in [6.45, 7) is 4.69. The van der Waals surface area contributed by atoms with E-state index in [4.69, 9.17) is 5.73 Å².